The second-order valence-corrected chi connectivity index (χ2v) is 6.33. The van der Waals surface area contributed by atoms with Gasteiger partial charge in [-0.05, 0) is 25.1 Å². The summed E-state index contributed by atoms with van der Waals surface area (Å²) in [7, 11) is 0. The van der Waals surface area contributed by atoms with E-state index in [0.29, 0.717) is 31.1 Å². The first-order valence-electron chi connectivity index (χ1n) is 8.71. The fourth-order valence-corrected chi connectivity index (χ4v) is 3.09. The van der Waals surface area contributed by atoms with Crippen molar-refractivity contribution < 1.29 is 9.53 Å². The van der Waals surface area contributed by atoms with Gasteiger partial charge in [-0.1, -0.05) is 6.07 Å². The molecular weight excluding hydrogens is 330 g/mol. The standard InChI is InChI=1S/C19H21N5O2/c1-14-10-18(23-6-8-26-9-7-23)22-17(21-14)12-20-19(25)15-11-16-4-2-3-5-24(16)13-15/h2-5,10-11,13H,6-9,12H2,1H3,(H,20,25). The molecule has 0 unspecified atom stereocenters. The lowest BCUT2D eigenvalue weighted by Crippen LogP contribution is -2.37. The van der Waals surface area contributed by atoms with Gasteiger partial charge in [0.1, 0.15) is 11.6 Å². The van der Waals surface area contributed by atoms with E-state index in [1.165, 1.54) is 0 Å². The molecule has 0 atom stereocenters. The molecular formula is C19H21N5O2. The van der Waals surface area contributed by atoms with Gasteiger partial charge in [-0.3, -0.25) is 4.79 Å². The number of pyridine rings is 1. The molecule has 1 aliphatic heterocycles. The molecule has 0 saturated carbocycles. The average Bonchev–Trinajstić information content (AvgIpc) is 3.11. The van der Waals surface area contributed by atoms with Crippen LogP contribution in [0.25, 0.3) is 5.52 Å². The van der Waals surface area contributed by atoms with Crippen molar-refractivity contribution in [1.82, 2.24) is 19.7 Å². The highest BCUT2D eigenvalue weighted by Crippen LogP contribution is 2.14. The molecule has 134 valence electrons. The number of aromatic nitrogens is 3. The lowest BCUT2D eigenvalue weighted by molar-refractivity contribution is 0.0950. The van der Waals surface area contributed by atoms with Crippen molar-refractivity contribution in [3.8, 4) is 0 Å². The van der Waals surface area contributed by atoms with E-state index in [0.717, 1.165) is 30.1 Å². The van der Waals surface area contributed by atoms with Crippen molar-refractivity contribution in [3.63, 3.8) is 0 Å². The molecule has 3 aromatic rings. The number of amides is 1. The Labute approximate surface area is 151 Å². The van der Waals surface area contributed by atoms with Crippen molar-refractivity contribution >= 4 is 17.2 Å². The van der Waals surface area contributed by atoms with Gasteiger partial charge in [-0.25, -0.2) is 9.97 Å². The number of carbonyl (C=O) groups excluding carboxylic acids is 1. The maximum absolute atomic E-state index is 12.5. The zero-order chi connectivity index (χ0) is 17.9. The fraction of sp³-hybridized carbons (Fsp3) is 0.316. The topological polar surface area (TPSA) is 71.8 Å². The number of hydrogen-bond donors (Lipinski definition) is 1. The van der Waals surface area contributed by atoms with Gasteiger partial charge in [-0.2, -0.15) is 0 Å². The van der Waals surface area contributed by atoms with Crippen LogP contribution >= 0.6 is 0 Å². The van der Waals surface area contributed by atoms with Gasteiger partial charge in [-0.15, -0.1) is 0 Å². The van der Waals surface area contributed by atoms with Crippen LogP contribution in [0.4, 0.5) is 5.82 Å². The SMILES string of the molecule is Cc1cc(N2CCOCC2)nc(CNC(=O)c2cc3ccccn3c2)n1. The number of ether oxygens (including phenoxy) is 1. The Hall–Kier alpha value is -2.93. The molecule has 1 fully saturated rings. The van der Waals surface area contributed by atoms with Crippen molar-refractivity contribution in [1.29, 1.82) is 0 Å². The summed E-state index contributed by atoms with van der Waals surface area (Å²) in [5.74, 6) is 1.37. The minimum Gasteiger partial charge on any atom is -0.378 e. The predicted molar refractivity (Wildman–Crippen MR) is 98.4 cm³/mol. The molecule has 0 spiro atoms. The summed E-state index contributed by atoms with van der Waals surface area (Å²) in [5.41, 5.74) is 2.50. The molecule has 1 aliphatic rings. The Kier molecular flexibility index (Phi) is 4.53. The molecule has 1 saturated heterocycles. The quantitative estimate of drug-likeness (QED) is 0.776. The number of carbonyl (C=O) groups is 1. The Morgan fingerprint density at radius 1 is 1.23 bits per heavy atom. The summed E-state index contributed by atoms with van der Waals surface area (Å²) in [6.07, 6.45) is 3.74. The number of rotatable bonds is 4. The van der Waals surface area contributed by atoms with E-state index in [4.69, 9.17) is 4.74 Å². The molecule has 0 bridgehead atoms. The Morgan fingerprint density at radius 3 is 2.88 bits per heavy atom. The second kappa shape index (κ2) is 7.13. The summed E-state index contributed by atoms with van der Waals surface area (Å²) in [6.45, 7) is 5.29. The monoisotopic (exact) mass is 351 g/mol. The third-order valence-corrected chi connectivity index (χ3v) is 4.40. The molecule has 3 aromatic heterocycles. The molecule has 0 aliphatic carbocycles. The largest absolute Gasteiger partial charge is 0.378 e. The zero-order valence-electron chi connectivity index (χ0n) is 14.7. The minimum absolute atomic E-state index is 0.133. The van der Waals surface area contributed by atoms with Crippen molar-refractivity contribution in [3.05, 3.63) is 59.8 Å². The van der Waals surface area contributed by atoms with Gasteiger partial charge in [0.05, 0.1) is 25.3 Å². The van der Waals surface area contributed by atoms with E-state index in [2.05, 4.69) is 20.2 Å². The number of anilines is 1. The van der Waals surface area contributed by atoms with Crippen LogP contribution in [0.2, 0.25) is 0 Å². The van der Waals surface area contributed by atoms with Crippen LogP contribution in [-0.2, 0) is 11.3 Å². The number of nitrogens with zero attached hydrogens (tertiary/aromatic N) is 4. The average molecular weight is 351 g/mol. The van der Waals surface area contributed by atoms with Gasteiger partial charge in [0.15, 0.2) is 0 Å². The summed E-state index contributed by atoms with van der Waals surface area (Å²) < 4.78 is 7.32. The second-order valence-electron chi connectivity index (χ2n) is 6.33. The van der Waals surface area contributed by atoms with E-state index in [1.807, 2.05) is 54.0 Å². The first-order valence-corrected chi connectivity index (χ1v) is 8.71. The van der Waals surface area contributed by atoms with Crippen LogP contribution in [0, 0.1) is 6.92 Å². The molecule has 4 heterocycles. The van der Waals surface area contributed by atoms with E-state index >= 15 is 0 Å². The van der Waals surface area contributed by atoms with Gasteiger partial charge in [0, 0.05) is 42.8 Å². The van der Waals surface area contributed by atoms with E-state index in [-0.39, 0.29) is 5.91 Å². The maximum atomic E-state index is 12.5. The Morgan fingerprint density at radius 2 is 2.08 bits per heavy atom. The third kappa shape index (κ3) is 3.52. The fourth-order valence-electron chi connectivity index (χ4n) is 3.09. The molecule has 1 N–H and O–H groups in total. The van der Waals surface area contributed by atoms with Crippen LogP contribution in [0.1, 0.15) is 21.9 Å². The first kappa shape index (κ1) is 16.5. The van der Waals surface area contributed by atoms with Gasteiger partial charge in [0.25, 0.3) is 5.91 Å². The molecule has 1 amide bonds. The van der Waals surface area contributed by atoms with E-state index in [9.17, 15) is 4.79 Å². The highest BCUT2D eigenvalue weighted by atomic mass is 16.5. The highest BCUT2D eigenvalue weighted by molar-refractivity contribution is 5.95. The van der Waals surface area contributed by atoms with Crippen LogP contribution < -0.4 is 10.2 Å². The minimum atomic E-state index is -0.133. The molecule has 0 radical (unpaired) electrons. The lowest BCUT2D eigenvalue weighted by atomic mass is 10.3. The number of aryl methyl sites for hydroxylation is 1. The normalized spacial score (nSPS) is 14.6. The highest BCUT2D eigenvalue weighted by Gasteiger charge is 2.15. The first-order chi connectivity index (χ1) is 12.7. The molecule has 7 heteroatoms. The molecule has 0 aromatic carbocycles. The Bertz CT molecular complexity index is 898. The summed E-state index contributed by atoms with van der Waals surface area (Å²) in [5, 5.41) is 2.91. The van der Waals surface area contributed by atoms with Gasteiger partial charge in [0.2, 0.25) is 0 Å². The summed E-state index contributed by atoms with van der Waals surface area (Å²) >= 11 is 0. The number of nitrogens with one attached hydrogen (secondary N) is 1. The molecule has 7 nitrogen and oxygen atoms in total. The third-order valence-electron chi connectivity index (χ3n) is 4.40. The number of morpholine rings is 1. The smallest absolute Gasteiger partial charge is 0.253 e. The van der Waals surface area contributed by atoms with Crippen LogP contribution in [0.15, 0.2) is 42.7 Å². The van der Waals surface area contributed by atoms with Crippen molar-refractivity contribution in [2.45, 2.75) is 13.5 Å². The summed E-state index contributed by atoms with van der Waals surface area (Å²) in [6, 6.07) is 9.69. The molecule has 26 heavy (non-hydrogen) atoms. The van der Waals surface area contributed by atoms with Gasteiger partial charge >= 0.3 is 0 Å². The van der Waals surface area contributed by atoms with Crippen LogP contribution in [-0.4, -0.2) is 46.6 Å². The summed E-state index contributed by atoms with van der Waals surface area (Å²) in [4.78, 5) is 23.7. The predicted octanol–water partition coefficient (Wildman–Crippen LogP) is 1.80. The van der Waals surface area contributed by atoms with E-state index in [1.54, 1.807) is 0 Å². The van der Waals surface area contributed by atoms with Crippen LogP contribution in [0.3, 0.4) is 0 Å². The molecule has 4 rings (SSSR count). The maximum Gasteiger partial charge on any atom is 0.253 e. The van der Waals surface area contributed by atoms with E-state index < -0.39 is 0 Å². The van der Waals surface area contributed by atoms with Crippen LogP contribution in [0.5, 0.6) is 0 Å². The lowest BCUT2D eigenvalue weighted by Gasteiger charge is -2.28. The Balaban J connectivity index is 1.46. The van der Waals surface area contributed by atoms with Crippen molar-refractivity contribution in [2.75, 3.05) is 31.2 Å². The number of fused-ring (bicyclic) bond motifs is 1. The van der Waals surface area contributed by atoms with Crippen molar-refractivity contribution in [2.24, 2.45) is 0 Å². The number of hydrogen-bond acceptors (Lipinski definition) is 5. The van der Waals surface area contributed by atoms with Gasteiger partial charge < -0.3 is 19.4 Å². The zero-order valence-corrected chi connectivity index (χ0v) is 14.7.